The van der Waals surface area contributed by atoms with Crippen LogP contribution in [0.4, 0.5) is 4.39 Å². The third kappa shape index (κ3) is 3.66. The molecule has 0 saturated carbocycles. The number of aryl methyl sites for hydroxylation is 3. The van der Waals surface area contributed by atoms with Crippen LogP contribution in [0.1, 0.15) is 42.1 Å². The van der Waals surface area contributed by atoms with Crippen molar-refractivity contribution in [3.8, 4) is 0 Å². The molecule has 1 aliphatic rings. The number of carbonyl (C=O) groups excluding carboxylic acids is 1. The number of hydrogen-bond acceptors (Lipinski definition) is 2. The molecule has 1 aromatic heterocycles. The van der Waals surface area contributed by atoms with Crippen molar-refractivity contribution < 1.29 is 9.18 Å². The van der Waals surface area contributed by atoms with Crippen LogP contribution in [0.15, 0.2) is 30.3 Å². The van der Waals surface area contributed by atoms with E-state index in [1.54, 1.807) is 6.07 Å². The van der Waals surface area contributed by atoms with Crippen LogP contribution in [0.5, 0.6) is 0 Å². The fourth-order valence-corrected chi connectivity index (χ4v) is 3.49. The average Bonchev–Trinajstić information content (AvgIpc) is 3.15. The van der Waals surface area contributed by atoms with Crippen molar-refractivity contribution in [2.24, 2.45) is 0 Å². The Balaban J connectivity index is 1.50. The smallest absolute Gasteiger partial charge is 0.222 e. The zero-order valence-corrected chi connectivity index (χ0v) is 14.3. The summed E-state index contributed by atoms with van der Waals surface area (Å²) < 4.78 is 15.8. The molecule has 0 radical (unpaired) electrons. The van der Waals surface area contributed by atoms with Crippen LogP contribution >= 0.6 is 0 Å². The van der Waals surface area contributed by atoms with Gasteiger partial charge in [0.15, 0.2) is 0 Å². The highest BCUT2D eigenvalue weighted by atomic mass is 19.1. The molecule has 1 aliphatic heterocycles. The molecular formula is C19H24FN3O. The Hall–Kier alpha value is -2.17. The predicted molar refractivity (Wildman–Crippen MR) is 91.3 cm³/mol. The van der Waals surface area contributed by atoms with Crippen LogP contribution in [-0.2, 0) is 11.3 Å². The summed E-state index contributed by atoms with van der Waals surface area (Å²) in [4.78, 5) is 14.3. The molecule has 1 fully saturated rings. The topological polar surface area (TPSA) is 38.1 Å². The van der Waals surface area contributed by atoms with Crippen molar-refractivity contribution in [1.82, 2.24) is 14.7 Å². The van der Waals surface area contributed by atoms with Crippen molar-refractivity contribution in [3.05, 3.63) is 53.1 Å². The molecule has 0 unspecified atom stereocenters. The molecule has 2 aromatic rings. The standard InChI is InChI=1S/C19H24FN3O/c1-14-12-15(2)23(21-14)10-5-8-19(24)22-11-9-16(13-22)17-6-3-4-7-18(17)20/h3-4,6-7,12,16H,5,8-11,13H2,1-2H3/t16-/m1/s1. The third-order valence-electron chi connectivity index (χ3n) is 4.75. The summed E-state index contributed by atoms with van der Waals surface area (Å²) in [6.07, 6.45) is 2.13. The minimum absolute atomic E-state index is 0.117. The maximum Gasteiger partial charge on any atom is 0.222 e. The first-order valence-corrected chi connectivity index (χ1v) is 8.58. The molecule has 4 nitrogen and oxygen atoms in total. The summed E-state index contributed by atoms with van der Waals surface area (Å²) >= 11 is 0. The molecule has 5 heteroatoms. The normalized spacial score (nSPS) is 17.5. The fourth-order valence-electron chi connectivity index (χ4n) is 3.49. The van der Waals surface area contributed by atoms with E-state index in [0.717, 1.165) is 42.9 Å². The first-order valence-electron chi connectivity index (χ1n) is 8.58. The van der Waals surface area contributed by atoms with Crippen molar-refractivity contribution >= 4 is 5.91 Å². The largest absolute Gasteiger partial charge is 0.342 e. The lowest BCUT2D eigenvalue weighted by molar-refractivity contribution is -0.130. The van der Waals surface area contributed by atoms with E-state index in [1.165, 1.54) is 6.07 Å². The Morgan fingerprint density at radius 3 is 2.83 bits per heavy atom. The van der Waals surface area contributed by atoms with Crippen LogP contribution < -0.4 is 0 Å². The molecule has 0 spiro atoms. The van der Waals surface area contributed by atoms with Crippen molar-refractivity contribution in [3.63, 3.8) is 0 Å². The number of benzene rings is 1. The van der Waals surface area contributed by atoms with Gasteiger partial charge >= 0.3 is 0 Å². The zero-order valence-electron chi connectivity index (χ0n) is 14.3. The number of halogens is 1. The van der Waals surface area contributed by atoms with Gasteiger partial charge in [0.1, 0.15) is 5.82 Å². The highest BCUT2D eigenvalue weighted by molar-refractivity contribution is 5.76. The Kier molecular flexibility index (Phi) is 4.97. The van der Waals surface area contributed by atoms with Crippen molar-refractivity contribution in [2.75, 3.05) is 13.1 Å². The SMILES string of the molecule is Cc1cc(C)n(CCCC(=O)N2CC[C@@H](c3ccccc3F)C2)n1. The Morgan fingerprint density at radius 2 is 2.12 bits per heavy atom. The van der Waals surface area contributed by atoms with Gasteiger partial charge in [-0.2, -0.15) is 5.10 Å². The number of likely N-dealkylation sites (tertiary alicyclic amines) is 1. The minimum Gasteiger partial charge on any atom is -0.342 e. The summed E-state index contributed by atoms with van der Waals surface area (Å²) in [6, 6.07) is 8.93. The van der Waals surface area contributed by atoms with Gasteiger partial charge in [-0.1, -0.05) is 18.2 Å². The van der Waals surface area contributed by atoms with Gasteiger partial charge in [0.2, 0.25) is 5.91 Å². The lowest BCUT2D eigenvalue weighted by Crippen LogP contribution is -2.28. The maximum atomic E-state index is 13.9. The second-order valence-electron chi connectivity index (χ2n) is 6.60. The average molecular weight is 329 g/mol. The lowest BCUT2D eigenvalue weighted by atomic mass is 9.98. The van der Waals surface area contributed by atoms with Gasteiger partial charge in [0, 0.05) is 37.7 Å². The van der Waals surface area contributed by atoms with Gasteiger partial charge in [0.25, 0.3) is 0 Å². The molecule has 1 saturated heterocycles. The number of aromatic nitrogens is 2. The van der Waals surface area contributed by atoms with E-state index >= 15 is 0 Å². The quantitative estimate of drug-likeness (QED) is 0.843. The molecule has 1 atom stereocenters. The first kappa shape index (κ1) is 16.7. The van der Waals surface area contributed by atoms with Crippen LogP contribution in [0.3, 0.4) is 0 Å². The van der Waals surface area contributed by atoms with Gasteiger partial charge in [-0.25, -0.2) is 4.39 Å². The van der Waals surface area contributed by atoms with E-state index in [1.807, 2.05) is 41.6 Å². The molecule has 128 valence electrons. The highest BCUT2D eigenvalue weighted by Crippen LogP contribution is 2.29. The number of nitrogens with zero attached hydrogens (tertiary/aromatic N) is 3. The molecular weight excluding hydrogens is 305 g/mol. The van der Waals surface area contributed by atoms with Gasteiger partial charge < -0.3 is 4.90 Å². The predicted octanol–water partition coefficient (Wildman–Crippen LogP) is 3.44. The second kappa shape index (κ2) is 7.16. The van der Waals surface area contributed by atoms with Crippen LogP contribution in [0.2, 0.25) is 0 Å². The summed E-state index contributed by atoms with van der Waals surface area (Å²) in [7, 11) is 0. The molecule has 24 heavy (non-hydrogen) atoms. The second-order valence-corrected chi connectivity index (χ2v) is 6.60. The van der Waals surface area contributed by atoms with Crippen LogP contribution in [0.25, 0.3) is 0 Å². The van der Waals surface area contributed by atoms with E-state index in [-0.39, 0.29) is 17.6 Å². The van der Waals surface area contributed by atoms with Crippen LogP contribution in [-0.4, -0.2) is 33.7 Å². The van der Waals surface area contributed by atoms with Gasteiger partial charge in [-0.3, -0.25) is 9.48 Å². The molecule has 1 amide bonds. The number of carbonyl (C=O) groups is 1. The molecule has 2 heterocycles. The zero-order chi connectivity index (χ0) is 17.1. The highest BCUT2D eigenvalue weighted by Gasteiger charge is 2.28. The van der Waals surface area contributed by atoms with E-state index in [2.05, 4.69) is 5.10 Å². The summed E-state index contributed by atoms with van der Waals surface area (Å²) in [6.45, 7) is 6.11. The number of amides is 1. The number of rotatable bonds is 5. The van der Waals surface area contributed by atoms with Gasteiger partial charge in [-0.05, 0) is 44.4 Å². The summed E-state index contributed by atoms with van der Waals surface area (Å²) in [5.41, 5.74) is 2.86. The lowest BCUT2D eigenvalue weighted by Gasteiger charge is -2.17. The van der Waals surface area contributed by atoms with Crippen molar-refractivity contribution in [2.45, 2.75) is 45.6 Å². The molecule has 0 aliphatic carbocycles. The summed E-state index contributed by atoms with van der Waals surface area (Å²) in [5, 5.41) is 4.42. The molecule has 1 aromatic carbocycles. The van der Waals surface area contributed by atoms with Crippen LogP contribution in [0, 0.1) is 19.7 Å². The minimum atomic E-state index is -0.165. The maximum absolute atomic E-state index is 13.9. The molecule has 0 bridgehead atoms. The number of hydrogen-bond donors (Lipinski definition) is 0. The van der Waals surface area contributed by atoms with E-state index < -0.39 is 0 Å². The van der Waals surface area contributed by atoms with E-state index in [0.29, 0.717) is 13.0 Å². The third-order valence-corrected chi connectivity index (χ3v) is 4.75. The molecule has 0 N–H and O–H groups in total. The van der Waals surface area contributed by atoms with Gasteiger partial charge in [0.05, 0.1) is 5.69 Å². The molecule has 3 rings (SSSR count). The van der Waals surface area contributed by atoms with Gasteiger partial charge in [-0.15, -0.1) is 0 Å². The monoisotopic (exact) mass is 329 g/mol. The van der Waals surface area contributed by atoms with E-state index in [4.69, 9.17) is 0 Å². The fraction of sp³-hybridized carbons (Fsp3) is 0.474. The summed E-state index contributed by atoms with van der Waals surface area (Å²) in [5.74, 6) is 0.114. The van der Waals surface area contributed by atoms with E-state index in [9.17, 15) is 9.18 Å². The Labute approximate surface area is 142 Å². The first-order chi connectivity index (χ1) is 11.5. The van der Waals surface area contributed by atoms with Crippen molar-refractivity contribution in [1.29, 1.82) is 0 Å². The Bertz CT molecular complexity index is 725. The Morgan fingerprint density at radius 1 is 1.33 bits per heavy atom.